The molecular formula is C13H16O3. The van der Waals surface area contributed by atoms with E-state index in [1.165, 1.54) is 18.2 Å². The fourth-order valence-corrected chi connectivity index (χ4v) is 2.16. The van der Waals surface area contributed by atoms with Crippen molar-refractivity contribution < 1.29 is 14.3 Å². The Labute approximate surface area is 95.4 Å². The van der Waals surface area contributed by atoms with Gasteiger partial charge in [-0.1, -0.05) is 6.07 Å². The first-order valence-corrected chi connectivity index (χ1v) is 5.42. The number of hydrogen-bond acceptors (Lipinski definition) is 3. The zero-order valence-corrected chi connectivity index (χ0v) is 9.87. The van der Waals surface area contributed by atoms with Crippen LogP contribution in [-0.2, 0) is 16.0 Å². The number of carbonyl (C=O) groups excluding carboxylic acids is 1. The Balaban J connectivity index is 2.30. The van der Waals surface area contributed by atoms with E-state index in [4.69, 9.17) is 9.47 Å². The smallest absolute Gasteiger partial charge is 0.312 e. The molecule has 2 rings (SSSR count). The summed E-state index contributed by atoms with van der Waals surface area (Å²) in [5, 5.41) is 0. The zero-order valence-electron chi connectivity index (χ0n) is 9.87. The van der Waals surface area contributed by atoms with Crippen molar-refractivity contribution in [3.8, 4) is 5.75 Å². The summed E-state index contributed by atoms with van der Waals surface area (Å²) < 4.78 is 10.4. The van der Waals surface area contributed by atoms with Crippen LogP contribution >= 0.6 is 0 Å². The number of fused-ring (bicyclic) bond motifs is 1. The zero-order chi connectivity index (χ0) is 11.7. The van der Waals surface area contributed by atoms with E-state index in [2.05, 4.69) is 13.0 Å². The summed E-state index contributed by atoms with van der Waals surface area (Å²) in [6.45, 7) is 4.51. The number of esters is 1. The van der Waals surface area contributed by atoms with E-state index in [0.717, 1.165) is 11.3 Å². The van der Waals surface area contributed by atoms with Crippen LogP contribution in [0.5, 0.6) is 5.75 Å². The van der Waals surface area contributed by atoms with Crippen LogP contribution in [0.1, 0.15) is 16.7 Å². The Hall–Kier alpha value is -1.51. The molecule has 16 heavy (non-hydrogen) atoms. The minimum Gasteiger partial charge on any atom is -0.492 e. The van der Waals surface area contributed by atoms with Crippen LogP contribution in [0.15, 0.2) is 12.1 Å². The molecule has 0 amide bonds. The summed E-state index contributed by atoms with van der Waals surface area (Å²) in [4.78, 5) is 11.5. The molecule has 1 aromatic carbocycles. The van der Waals surface area contributed by atoms with Crippen molar-refractivity contribution in [3.63, 3.8) is 0 Å². The third-order valence-corrected chi connectivity index (χ3v) is 3.00. The lowest BCUT2D eigenvalue weighted by Crippen LogP contribution is -2.29. The summed E-state index contributed by atoms with van der Waals surface area (Å²) in [5.41, 5.74) is 3.50. The highest BCUT2D eigenvalue weighted by molar-refractivity contribution is 5.73. The highest BCUT2D eigenvalue weighted by Gasteiger charge is 2.27. The number of hydrogen-bond donors (Lipinski definition) is 0. The Kier molecular flexibility index (Phi) is 2.86. The number of rotatable bonds is 1. The first-order valence-electron chi connectivity index (χ1n) is 5.42. The Morgan fingerprint density at radius 2 is 2.19 bits per heavy atom. The van der Waals surface area contributed by atoms with Gasteiger partial charge >= 0.3 is 5.97 Å². The van der Waals surface area contributed by atoms with Gasteiger partial charge in [0.25, 0.3) is 0 Å². The van der Waals surface area contributed by atoms with Crippen LogP contribution in [0.4, 0.5) is 0 Å². The Morgan fingerprint density at radius 1 is 1.44 bits per heavy atom. The van der Waals surface area contributed by atoms with Crippen molar-refractivity contribution in [3.05, 3.63) is 28.8 Å². The highest BCUT2D eigenvalue weighted by Crippen LogP contribution is 2.31. The van der Waals surface area contributed by atoms with E-state index >= 15 is 0 Å². The Bertz CT molecular complexity index is 423. The molecule has 0 aromatic heterocycles. The molecule has 1 heterocycles. The second kappa shape index (κ2) is 4.16. The fraction of sp³-hybridized carbons (Fsp3) is 0.462. The number of aryl methyl sites for hydroxylation is 2. The summed E-state index contributed by atoms with van der Waals surface area (Å²) in [7, 11) is 1.42. The van der Waals surface area contributed by atoms with Gasteiger partial charge in [-0.15, -0.1) is 0 Å². The lowest BCUT2D eigenvalue weighted by Gasteiger charge is -2.25. The second-order valence-electron chi connectivity index (χ2n) is 4.29. The van der Waals surface area contributed by atoms with Crippen molar-refractivity contribution in [2.45, 2.75) is 20.3 Å². The van der Waals surface area contributed by atoms with Crippen LogP contribution in [0, 0.1) is 19.8 Å². The van der Waals surface area contributed by atoms with Gasteiger partial charge in [-0.05, 0) is 43.0 Å². The number of benzene rings is 1. The standard InChI is InChI=1S/C13H16O3/c1-8-4-9(2)11-6-10(13(14)15-3)7-16-12(11)5-8/h4-5,10H,6-7H2,1-3H3. The van der Waals surface area contributed by atoms with Crippen LogP contribution in [0.3, 0.4) is 0 Å². The summed E-state index contributed by atoms with van der Waals surface area (Å²) in [5.74, 6) is 0.558. The van der Waals surface area contributed by atoms with Gasteiger partial charge in [-0.2, -0.15) is 0 Å². The molecular weight excluding hydrogens is 204 g/mol. The molecule has 0 saturated carbocycles. The number of carbonyl (C=O) groups is 1. The van der Waals surface area contributed by atoms with Crippen molar-refractivity contribution in [1.82, 2.24) is 0 Å². The van der Waals surface area contributed by atoms with Gasteiger partial charge in [0.05, 0.1) is 13.0 Å². The van der Waals surface area contributed by atoms with E-state index in [1.54, 1.807) is 0 Å². The molecule has 0 saturated heterocycles. The highest BCUT2D eigenvalue weighted by atomic mass is 16.5. The number of ether oxygens (including phenoxy) is 2. The lowest BCUT2D eigenvalue weighted by molar-refractivity contribution is -0.146. The average Bonchev–Trinajstić information content (AvgIpc) is 2.27. The molecule has 1 unspecified atom stereocenters. The van der Waals surface area contributed by atoms with Crippen LogP contribution in [0.2, 0.25) is 0 Å². The molecule has 0 spiro atoms. The van der Waals surface area contributed by atoms with Gasteiger partial charge in [0.1, 0.15) is 12.4 Å². The maximum atomic E-state index is 11.5. The maximum absolute atomic E-state index is 11.5. The van der Waals surface area contributed by atoms with E-state index in [-0.39, 0.29) is 11.9 Å². The van der Waals surface area contributed by atoms with Crippen LogP contribution < -0.4 is 4.74 Å². The van der Waals surface area contributed by atoms with E-state index in [0.29, 0.717) is 13.0 Å². The topological polar surface area (TPSA) is 35.5 Å². The fourth-order valence-electron chi connectivity index (χ4n) is 2.16. The van der Waals surface area contributed by atoms with Crippen molar-refractivity contribution in [2.75, 3.05) is 13.7 Å². The first kappa shape index (κ1) is 11.0. The van der Waals surface area contributed by atoms with Crippen molar-refractivity contribution in [2.24, 2.45) is 5.92 Å². The van der Waals surface area contributed by atoms with Gasteiger partial charge in [0.2, 0.25) is 0 Å². The second-order valence-corrected chi connectivity index (χ2v) is 4.29. The predicted molar refractivity (Wildman–Crippen MR) is 60.6 cm³/mol. The van der Waals surface area contributed by atoms with Gasteiger partial charge in [-0.25, -0.2) is 0 Å². The molecule has 0 radical (unpaired) electrons. The monoisotopic (exact) mass is 220 g/mol. The summed E-state index contributed by atoms with van der Waals surface area (Å²) in [6, 6.07) is 4.14. The third kappa shape index (κ3) is 1.90. The SMILES string of the molecule is COC(=O)C1COc2cc(C)cc(C)c2C1. The van der Waals surface area contributed by atoms with Gasteiger partial charge in [-0.3, -0.25) is 4.79 Å². The molecule has 86 valence electrons. The maximum Gasteiger partial charge on any atom is 0.312 e. The van der Waals surface area contributed by atoms with Crippen LogP contribution in [0.25, 0.3) is 0 Å². The molecule has 0 N–H and O–H groups in total. The molecule has 0 aliphatic carbocycles. The van der Waals surface area contributed by atoms with Gasteiger partial charge in [0.15, 0.2) is 0 Å². The lowest BCUT2D eigenvalue weighted by atomic mass is 9.92. The van der Waals surface area contributed by atoms with E-state index in [9.17, 15) is 4.79 Å². The average molecular weight is 220 g/mol. The molecule has 1 aliphatic rings. The minimum absolute atomic E-state index is 0.168. The van der Waals surface area contributed by atoms with Gasteiger partial charge < -0.3 is 9.47 Å². The molecule has 3 nitrogen and oxygen atoms in total. The predicted octanol–water partition coefficient (Wildman–Crippen LogP) is 2.03. The van der Waals surface area contributed by atoms with Gasteiger partial charge in [0, 0.05) is 0 Å². The Morgan fingerprint density at radius 3 is 2.88 bits per heavy atom. The van der Waals surface area contributed by atoms with E-state index < -0.39 is 0 Å². The van der Waals surface area contributed by atoms with Crippen LogP contribution in [-0.4, -0.2) is 19.7 Å². The quantitative estimate of drug-likeness (QED) is 0.679. The van der Waals surface area contributed by atoms with E-state index in [1.807, 2.05) is 13.0 Å². The molecule has 1 atom stereocenters. The molecule has 0 fully saturated rings. The van der Waals surface area contributed by atoms with Crippen molar-refractivity contribution >= 4 is 5.97 Å². The first-order chi connectivity index (χ1) is 7.61. The van der Waals surface area contributed by atoms with Crippen molar-refractivity contribution in [1.29, 1.82) is 0 Å². The molecule has 0 bridgehead atoms. The summed E-state index contributed by atoms with van der Waals surface area (Å²) >= 11 is 0. The largest absolute Gasteiger partial charge is 0.492 e. The molecule has 1 aliphatic heterocycles. The third-order valence-electron chi connectivity index (χ3n) is 3.00. The molecule has 3 heteroatoms. The summed E-state index contributed by atoms with van der Waals surface area (Å²) in [6.07, 6.45) is 0.716. The normalized spacial score (nSPS) is 18.6. The minimum atomic E-state index is -0.189. The molecule has 1 aromatic rings. The number of methoxy groups -OCH3 is 1.